The van der Waals surface area contributed by atoms with E-state index >= 15 is 0 Å². The van der Waals surface area contributed by atoms with Crippen molar-refractivity contribution in [2.45, 2.75) is 13.3 Å². The number of rotatable bonds is 6. The van der Waals surface area contributed by atoms with Crippen LogP contribution in [-0.4, -0.2) is 31.5 Å². The van der Waals surface area contributed by atoms with Crippen molar-refractivity contribution in [3.63, 3.8) is 0 Å². The van der Waals surface area contributed by atoms with Gasteiger partial charge in [-0.25, -0.2) is 4.39 Å². The van der Waals surface area contributed by atoms with Crippen LogP contribution in [0.4, 0.5) is 10.1 Å². The summed E-state index contributed by atoms with van der Waals surface area (Å²) in [5.74, 6) is -0.251. The molecule has 3 rings (SSSR count). The molecule has 1 atom stereocenters. The second kappa shape index (κ2) is 7.99. The molecule has 1 aliphatic rings. The third-order valence-corrected chi connectivity index (χ3v) is 4.33. The first kappa shape index (κ1) is 17.9. The second-order valence-corrected chi connectivity index (χ2v) is 6.19. The van der Waals surface area contributed by atoms with Crippen molar-refractivity contribution in [2.24, 2.45) is 5.92 Å². The first-order chi connectivity index (χ1) is 12.6. The van der Waals surface area contributed by atoms with Gasteiger partial charge in [-0.15, -0.1) is 0 Å². The third kappa shape index (κ3) is 4.02. The topological polar surface area (TPSA) is 58.6 Å². The number of amides is 2. The number of nitrogens with one attached hydrogen (secondary N) is 1. The van der Waals surface area contributed by atoms with Crippen molar-refractivity contribution in [3.8, 4) is 5.75 Å². The van der Waals surface area contributed by atoms with Gasteiger partial charge in [0.2, 0.25) is 5.91 Å². The molecule has 0 spiro atoms. The van der Waals surface area contributed by atoms with E-state index in [-0.39, 0.29) is 17.4 Å². The summed E-state index contributed by atoms with van der Waals surface area (Å²) in [7, 11) is 0. The number of hydrogen-bond donors (Lipinski definition) is 1. The predicted molar refractivity (Wildman–Crippen MR) is 96.8 cm³/mol. The normalized spacial score (nSPS) is 16.6. The van der Waals surface area contributed by atoms with E-state index in [0.717, 1.165) is 11.4 Å². The van der Waals surface area contributed by atoms with Crippen LogP contribution in [0.3, 0.4) is 0 Å². The Balaban J connectivity index is 1.57. The van der Waals surface area contributed by atoms with E-state index in [1.807, 2.05) is 31.2 Å². The molecule has 0 radical (unpaired) electrons. The Morgan fingerprint density at radius 2 is 1.96 bits per heavy atom. The maximum absolute atomic E-state index is 13.6. The van der Waals surface area contributed by atoms with Gasteiger partial charge >= 0.3 is 0 Å². The summed E-state index contributed by atoms with van der Waals surface area (Å²) in [4.78, 5) is 26.1. The van der Waals surface area contributed by atoms with Gasteiger partial charge in [0.15, 0.2) is 0 Å². The van der Waals surface area contributed by atoms with Gasteiger partial charge in [-0.1, -0.05) is 12.1 Å². The summed E-state index contributed by atoms with van der Waals surface area (Å²) >= 11 is 0. The van der Waals surface area contributed by atoms with Crippen LogP contribution in [0.15, 0.2) is 48.5 Å². The largest absolute Gasteiger partial charge is 0.494 e. The Kier molecular flexibility index (Phi) is 5.51. The molecular weight excluding hydrogens is 335 g/mol. The average molecular weight is 356 g/mol. The van der Waals surface area contributed by atoms with Crippen LogP contribution < -0.4 is 15.0 Å². The highest BCUT2D eigenvalue weighted by molar-refractivity contribution is 5.96. The van der Waals surface area contributed by atoms with Crippen molar-refractivity contribution in [3.05, 3.63) is 59.9 Å². The lowest BCUT2D eigenvalue weighted by Gasteiger charge is -2.17. The number of hydrogen-bond acceptors (Lipinski definition) is 3. The SMILES string of the molecule is CCOc1ccc(N2CC(CNC(=O)c3ccccc3F)CC2=O)cc1. The fraction of sp³-hybridized carbons (Fsp3) is 0.300. The average Bonchev–Trinajstić information content (AvgIpc) is 3.02. The van der Waals surface area contributed by atoms with Crippen LogP contribution in [0.25, 0.3) is 0 Å². The molecule has 1 N–H and O–H groups in total. The van der Waals surface area contributed by atoms with Gasteiger partial charge in [-0.05, 0) is 43.3 Å². The molecule has 0 aromatic heterocycles. The van der Waals surface area contributed by atoms with Gasteiger partial charge in [-0.3, -0.25) is 9.59 Å². The predicted octanol–water partition coefficient (Wildman–Crippen LogP) is 3.01. The second-order valence-electron chi connectivity index (χ2n) is 6.19. The first-order valence-electron chi connectivity index (χ1n) is 8.64. The zero-order valence-corrected chi connectivity index (χ0v) is 14.6. The molecule has 26 heavy (non-hydrogen) atoms. The van der Waals surface area contributed by atoms with E-state index in [1.165, 1.54) is 18.2 Å². The highest BCUT2D eigenvalue weighted by Crippen LogP contribution is 2.26. The quantitative estimate of drug-likeness (QED) is 0.866. The lowest BCUT2D eigenvalue weighted by atomic mass is 10.1. The summed E-state index contributed by atoms with van der Waals surface area (Å²) in [5, 5.41) is 2.72. The first-order valence-corrected chi connectivity index (χ1v) is 8.64. The molecule has 0 aliphatic carbocycles. The number of carbonyl (C=O) groups excluding carboxylic acids is 2. The monoisotopic (exact) mass is 356 g/mol. The molecule has 6 heteroatoms. The van der Waals surface area contributed by atoms with Crippen molar-refractivity contribution >= 4 is 17.5 Å². The van der Waals surface area contributed by atoms with Crippen LogP contribution in [0.1, 0.15) is 23.7 Å². The fourth-order valence-corrected chi connectivity index (χ4v) is 3.03. The lowest BCUT2D eigenvalue weighted by Crippen LogP contribution is -2.31. The number of nitrogens with zero attached hydrogens (tertiary/aromatic N) is 1. The number of anilines is 1. The molecule has 1 aliphatic heterocycles. The van der Waals surface area contributed by atoms with Gasteiger partial charge in [0.05, 0.1) is 12.2 Å². The molecule has 1 heterocycles. The smallest absolute Gasteiger partial charge is 0.254 e. The van der Waals surface area contributed by atoms with Crippen molar-refractivity contribution < 1.29 is 18.7 Å². The third-order valence-electron chi connectivity index (χ3n) is 4.33. The van der Waals surface area contributed by atoms with Gasteiger partial charge in [-0.2, -0.15) is 0 Å². The molecule has 2 amide bonds. The molecule has 1 saturated heterocycles. The Morgan fingerprint density at radius 1 is 1.23 bits per heavy atom. The van der Waals surface area contributed by atoms with Crippen molar-refractivity contribution in [2.75, 3.05) is 24.6 Å². The Bertz CT molecular complexity index is 792. The van der Waals surface area contributed by atoms with Crippen LogP contribution in [-0.2, 0) is 4.79 Å². The number of ether oxygens (including phenoxy) is 1. The van der Waals surface area contributed by atoms with Crippen LogP contribution in [0.2, 0.25) is 0 Å². The van der Waals surface area contributed by atoms with Crippen LogP contribution in [0, 0.1) is 11.7 Å². The lowest BCUT2D eigenvalue weighted by molar-refractivity contribution is -0.117. The van der Waals surface area contributed by atoms with Crippen LogP contribution in [0.5, 0.6) is 5.75 Å². The summed E-state index contributed by atoms with van der Waals surface area (Å²) in [6.07, 6.45) is 0.352. The maximum atomic E-state index is 13.6. The van der Waals surface area contributed by atoms with E-state index < -0.39 is 11.7 Å². The molecule has 0 saturated carbocycles. The minimum Gasteiger partial charge on any atom is -0.494 e. The Hall–Kier alpha value is -2.89. The highest BCUT2D eigenvalue weighted by Gasteiger charge is 2.31. The number of halogens is 1. The van der Waals surface area contributed by atoms with E-state index in [1.54, 1.807) is 11.0 Å². The summed E-state index contributed by atoms with van der Waals surface area (Å²) in [5.41, 5.74) is 0.821. The molecule has 1 fully saturated rings. The standard InChI is InChI=1S/C20H21FN2O3/c1-2-26-16-9-7-15(8-10-16)23-13-14(11-19(23)24)12-22-20(25)17-5-3-4-6-18(17)21/h3-10,14H,2,11-13H2,1H3,(H,22,25). The van der Waals surface area contributed by atoms with E-state index in [0.29, 0.717) is 26.1 Å². The van der Waals surface area contributed by atoms with Crippen molar-refractivity contribution in [1.82, 2.24) is 5.32 Å². The number of benzene rings is 2. The molecular formula is C20H21FN2O3. The summed E-state index contributed by atoms with van der Waals surface area (Å²) in [6.45, 7) is 3.35. The van der Waals surface area contributed by atoms with Crippen molar-refractivity contribution in [1.29, 1.82) is 0 Å². The molecule has 5 nitrogen and oxygen atoms in total. The minimum absolute atomic E-state index is 0.00945. The van der Waals surface area contributed by atoms with E-state index in [4.69, 9.17) is 4.74 Å². The molecule has 1 unspecified atom stereocenters. The fourth-order valence-electron chi connectivity index (χ4n) is 3.03. The van der Waals surface area contributed by atoms with Crippen LogP contribution >= 0.6 is 0 Å². The maximum Gasteiger partial charge on any atom is 0.254 e. The van der Waals surface area contributed by atoms with E-state index in [9.17, 15) is 14.0 Å². The number of carbonyl (C=O) groups is 2. The zero-order valence-electron chi connectivity index (χ0n) is 14.6. The molecule has 2 aromatic carbocycles. The molecule has 2 aromatic rings. The molecule has 0 bridgehead atoms. The summed E-state index contributed by atoms with van der Waals surface area (Å²) < 4.78 is 19.0. The summed E-state index contributed by atoms with van der Waals surface area (Å²) in [6, 6.07) is 13.2. The Morgan fingerprint density at radius 3 is 2.65 bits per heavy atom. The zero-order chi connectivity index (χ0) is 18.5. The van der Waals surface area contributed by atoms with Gasteiger partial charge in [0.25, 0.3) is 5.91 Å². The van der Waals surface area contributed by atoms with E-state index in [2.05, 4.69) is 5.32 Å². The highest BCUT2D eigenvalue weighted by atomic mass is 19.1. The van der Waals surface area contributed by atoms with Gasteiger partial charge in [0.1, 0.15) is 11.6 Å². The van der Waals surface area contributed by atoms with Gasteiger partial charge < -0.3 is 15.0 Å². The minimum atomic E-state index is -0.552. The molecule has 136 valence electrons. The Labute approximate surface area is 151 Å². The van der Waals surface area contributed by atoms with Gasteiger partial charge in [0, 0.05) is 31.1 Å².